The largest absolute Gasteiger partial charge is 0.462 e. The summed E-state index contributed by atoms with van der Waals surface area (Å²) in [5.74, 6) is -0.792. The van der Waals surface area contributed by atoms with Gasteiger partial charge in [0.15, 0.2) is 5.57 Å². The van der Waals surface area contributed by atoms with Gasteiger partial charge in [0, 0.05) is 11.7 Å². The van der Waals surface area contributed by atoms with Crippen LogP contribution >= 0.6 is 0 Å². The molecule has 0 aliphatic rings. The Balaban J connectivity index is 2.36. The molecule has 2 N–H and O–H groups in total. The van der Waals surface area contributed by atoms with Crippen LogP contribution in [-0.2, 0) is 15.7 Å². The predicted octanol–water partition coefficient (Wildman–Crippen LogP) is 4.77. The van der Waals surface area contributed by atoms with E-state index >= 15 is 0 Å². The van der Waals surface area contributed by atoms with Gasteiger partial charge >= 0.3 is 12.1 Å². The zero-order valence-corrected chi connectivity index (χ0v) is 15.9. The van der Waals surface area contributed by atoms with Gasteiger partial charge in [0.1, 0.15) is 11.9 Å². The Morgan fingerprint density at radius 1 is 1.14 bits per heavy atom. The lowest BCUT2D eigenvalue weighted by Gasteiger charge is -2.21. The van der Waals surface area contributed by atoms with E-state index in [2.05, 4.69) is 10.6 Å². The van der Waals surface area contributed by atoms with Crippen molar-refractivity contribution >= 4 is 11.7 Å². The first-order valence-corrected chi connectivity index (χ1v) is 8.83. The third-order valence-corrected chi connectivity index (χ3v) is 3.98. The van der Waals surface area contributed by atoms with Crippen LogP contribution in [0.3, 0.4) is 0 Å². The molecule has 0 bridgehead atoms. The Hall–Kier alpha value is -3.47. The first kappa shape index (κ1) is 21.8. The highest BCUT2D eigenvalue weighted by Gasteiger charge is 2.30. The summed E-state index contributed by atoms with van der Waals surface area (Å²) >= 11 is 0. The highest BCUT2D eigenvalue weighted by atomic mass is 19.4. The quantitative estimate of drug-likeness (QED) is 0.396. The molecule has 0 saturated carbocycles. The maximum absolute atomic E-state index is 12.8. The summed E-state index contributed by atoms with van der Waals surface area (Å²) in [6.07, 6.45) is -4.46. The third-order valence-electron chi connectivity index (χ3n) is 3.98. The number of halogens is 3. The Kier molecular flexibility index (Phi) is 7.26. The molecule has 0 heterocycles. The number of nitriles is 1. The van der Waals surface area contributed by atoms with E-state index in [9.17, 15) is 23.2 Å². The zero-order chi connectivity index (χ0) is 21.4. The number of anilines is 1. The molecule has 2 aromatic carbocycles. The average molecular weight is 403 g/mol. The SMILES string of the molecule is CCOC(=O)/C(C#N)=C(/Nc1ccc(C(F)(F)F)cc1)N[C@H](C)c1ccccc1. The molecular weight excluding hydrogens is 383 g/mol. The van der Waals surface area contributed by atoms with Crippen molar-refractivity contribution in [2.24, 2.45) is 0 Å². The maximum Gasteiger partial charge on any atom is 0.416 e. The Bertz CT molecular complexity index is 902. The Morgan fingerprint density at radius 3 is 2.28 bits per heavy atom. The number of esters is 1. The van der Waals surface area contributed by atoms with Gasteiger partial charge < -0.3 is 15.4 Å². The van der Waals surface area contributed by atoms with E-state index in [0.29, 0.717) is 0 Å². The molecule has 29 heavy (non-hydrogen) atoms. The Labute approximate surface area is 166 Å². The van der Waals surface area contributed by atoms with Crippen molar-refractivity contribution in [3.8, 4) is 6.07 Å². The molecular formula is C21H20F3N3O2. The van der Waals surface area contributed by atoms with E-state index in [4.69, 9.17) is 4.74 Å². The molecule has 0 fully saturated rings. The van der Waals surface area contributed by atoms with Crippen LogP contribution in [0, 0.1) is 11.3 Å². The smallest absolute Gasteiger partial charge is 0.416 e. The van der Waals surface area contributed by atoms with Crippen molar-refractivity contribution in [2.75, 3.05) is 11.9 Å². The van der Waals surface area contributed by atoms with E-state index in [-0.39, 0.29) is 29.7 Å². The number of alkyl halides is 3. The molecule has 1 atom stereocenters. The van der Waals surface area contributed by atoms with Crippen molar-refractivity contribution in [1.29, 1.82) is 5.26 Å². The number of nitrogens with zero attached hydrogens (tertiary/aromatic N) is 1. The van der Waals surface area contributed by atoms with Gasteiger partial charge in [-0.25, -0.2) is 4.79 Å². The Morgan fingerprint density at radius 2 is 1.76 bits per heavy atom. The van der Waals surface area contributed by atoms with E-state index in [0.717, 1.165) is 17.7 Å². The van der Waals surface area contributed by atoms with Crippen LogP contribution in [0.15, 0.2) is 66.0 Å². The van der Waals surface area contributed by atoms with E-state index in [1.54, 1.807) is 13.0 Å². The van der Waals surface area contributed by atoms with Crippen LogP contribution in [0.5, 0.6) is 0 Å². The minimum Gasteiger partial charge on any atom is -0.462 e. The topological polar surface area (TPSA) is 74.2 Å². The van der Waals surface area contributed by atoms with Gasteiger partial charge in [-0.15, -0.1) is 0 Å². The van der Waals surface area contributed by atoms with Crippen LogP contribution in [-0.4, -0.2) is 12.6 Å². The standard InChI is InChI=1S/C21H20F3N3O2/c1-3-29-20(28)18(13-25)19(26-14(2)15-7-5-4-6-8-15)27-17-11-9-16(10-12-17)21(22,23)24/h4-12,14,26-27H,3H2,1-2H3/b19-18+/t14-/m1/s1. The number of hydrogen-bond donors (Lipinski definition) is 2. The van der Waals surface area contributed by atoms with Gasteiger partial charge in [-0.1, -0.05) is 30.3 Å². The molecule has 0 spiro atoms. The summed E-state index contributed by atoms with van der Waals surface area (Å²) in [6.45, 7) is 3.51. The number of nitrogens with one attached hydrogen (secondary N) is 2. The second-order valence-corrected chi connectivity index (χ2v) is 6.06. The predicted molar refractivity (Wildman–Crippen MR) is 102 cm³/mol. The molecule has 8 heteroatoms. The first-order valence-electron chi connectivity index (χ1n) is 8.83. The lowest BCUT2D eigenvalue weighted by Crippen LogP contribution is -2.27. The van der Waals surface area contributed by atoms with Gasteiger partial charge in [-0.3, -0.25) is 0 Å². The van der Waals surface area contributed by atoms with Crippen molar-refractivity contribution in [1.82, 2.24) is 5.32 Å². The van der Waals surface area contributed by atoms with Crippen molar-refractivity contribution in [3.63, 3.8) is 0 Å². The van der Waals surface area contributed by atoms with E-state index in [1.165, 1.54) is 12.1 Å². The third kappa shape index (κ3) is 6.01. The summed E-state index contributed by atoms with van der Waals surface area (Å²) in [6, 6.07) is 15.0. The van der Waals surface area contributed by atoms with Crippen LogP contribution in [0.25, 0.3) is 0 Å². The first-order chi connectivity index (χ1) is 13.8. The summed E-state index contributed by atoms with van der Waals surface area (Å²) in [5, 5.41) is 15.3. The van der Waals surface area contributed by atoms with Crippen molar-refractivity contribution in [3.05, 3.63) is 77.1 Å². The number of carbonyl (C=O) groups excluding carboxylic acids is 1. The number of rotatable bonds is 7. The van der Waals surface area contributed by atoms with Gasteiger partial charge in [0.25, 0.3) is 0 Å². The summed E-state index contributed by atoms with van der Waals surface area (Å²) in [5.41, 5.74) is 0.0535. The van der Waals surface area contributed by atoms with Gasteiger partial charge in [0.05, 0.1) is 12.2 Å². The minimum absolute atomic E-state index is 0.0436. The van der Waals surface area contributed by atoms with Crippen molar-refractivity contribution < 1.29 is 22.7 Å². The highest BCUT2D eigenvalue weighted by Crippen LogP contribution is 2.30. The molecule has 0 radical (unpaired) electrons. The second-order valence-electron chi connectivity index (χ2n) is 6.06. The summed E-state index contributed by atoms with van der Waals surface area (Å²) < 4.78 is 43.2. The van der Waals surface area contributed by atoms with E-state index < -0.39 is 17.7 Å². The maximum atomic E-state index is 12.8. The monoisotopic (exact) mass is 403 g/mol. The number of ether oxygens (including phenoxy) is 1. The molecule has 5 nitrogen and oxygen atoms in total. The molecule has 152 valence electrons. The van der Waals surface area contributed by atoms with Crippen LogP contribution in [0.4, 0.5) is 18.9 Å². The number of benzene rings is 2. The molecule has 0 aromatic heterocycles. The zero-order valence-electron chi connectivity index (χ0n) is 15.9. The lowest BCUT2D eigenvalue weighted by atomic mass is 10.1. The fraction of sp³-hybridized carbons (Fsp3) is 0.238. The van der Waals surface area contributed by atoms with Gasteiger partial charge in [0.2, 0.25) is 0 Å². The minimum atomic E-state index is -4.46. The molecule has 0 unspecified atom stereocenters. The molecule has 0 aliphatic heterocycles. The molecule has 0 amide bonds. The van der Waals surface area contributed by atoms with Crippen LogP contribution < -0.4 is 10.6 Å². The summed E-state index contributed by atoms with van der Waals surface area (Å²) in [7, 11) is 0. The normalized spacial score (nSPS) is 13.0. The number of carbonyl (C=O) groups is 1. The highest BCUT2D eigenvalue weighted by molar-refractivity contribution is 5.94. The number of hydrogen-bond acceptors (Lipinski definition) is 5. The fourth-order valence-electron chi connectivity index (χ4n) is 2.51. The fourth-order valence-corrected chi connectivity index (χ4v) is 2.51. The van der Waals surface area contributed by atoms with Crippen LogP contribution in [0.2, 0.25) is 0 Å². The van der Waals surface area contributed by atoms with Crippen LogP contribution in [0.1, 0.15) is 31.0 Å². The summed E-state index contributed by atoms with van der Waals surface area (Å²) in [4.78, 5) is 12.2. The molecule has 2 rings (SSSR count). The molecule has 0 aliphatic carbocycles. The van der Waals surface area contributed by atoms with Gasteiger partial charge in [-0.2, -0.15) is 18.4 Å². The lowest BCUT2D eigenvalue weighted by molar-refractivity contribution is -0.138. The second kappa shape index (κ2) is 9.64. The average Bonchev–Trinajstić information content (AvgIpc) is 2.69. The van der Waals surface area contributed by atoms with Gasteiger partial charge in [-0.05, 0) is 43.7 Å². The molecule has 0 saturated heterocycles. The molecule has 2 aromatic rings. The van der Waals surface area contributed by atoms with E-state index in [1.807, 2.05) is 37.3 Å². The van der Waals surface area contributed by atoms with Crippen molar-refractivity contribution in [2.45, 2.75) is 26.1 Å².